The molecule has 0 fully saturated rings. The molecule has 0 aromatic carbocycles. The number of rotatable bonds is 6. The van der Waals surface area contributed by atoms with Crippen LogP contribution in [0.2, 0.25) is 0 Å². The molecule has 1 atom stereocenters. The number of ether oxygens (including phenoxy) is 1. The van der Waals surface area contributed by atoms with Gasteiger partial charge in [0.15, 0.2) is 0 Å². The van der Waals surface area contributed by atoms with Gasteiger partial charge < -0.3 is 15.8 Å². The van der Waals surface area contributed by atoms with Gasteiger partial charge in [-0.3, -0.25) is 9.59 Å². The second-order valence-electron chi connectivity index (χ2n) is 2.65. The smallest absolute Gasteiger partial charge is 0.246 e. The average Bonchev–Trinajstić information content (AvgIpc) is 2.12. The molecule has 2 amide bonds. The second kappa shape index (κ2) is 6.86. The molecule has 0 spiro atoms. The van der Waals surface area contributed by atoms with E-state index in [0.717, 1.165) is 0 Å². The number of amides is 2. The van der Waals surface area contributed by atoms with Crippen LogP contribution < -0.4 is 11.1 Å². The van der Waals surface area contributed by atoms with Crippen LogP contribution in [0.3, 0.4) is 0 Å². The first-order valence-electron chi connectivity index (χ1n) is 4.06. The summed E-state index contributed by atoms with van der Waals surface area (Å²) in [7, 11) is 1.37. The molecule has 0 aliphatic carbocycles. The van der Waals surface area contributed by atoms with E-state index in [2.05, 4.69) is 10.1 Å². The fraction of sp³-hybridized carbons (Fsp3) is 0.625. The minimum Gasteiger partial charge on any atom is -0.375 e. The molecule has 0 saturated carbocycles. The molecule has 3 N–H and O–H groups in total. The summed E-state index contributed by atoms with van der Waals surface area (Å²) in [6.07, 6.45) is 0.391. The number of carbonyl (C=O) groups is 2. The van der Waals surface area contributed by atoms with Gasteiger partial charge >= 0.3 is 0 Å². The Morgan fingerprint density at radius 1 is 1.64 bits per heavy atom. The van der Waals surface area contributed by atoms with Gasteiger partial charge in [0.05, 0.1) is 6.07 Å². The molecule has 6 heteroatoms. The summed E-state index contributed by atoms with van der Waals surface area (Å²) in [6.45, 7) is -0.129. The first-order valence-corrected chi connectivity index (χ1v) is 4.06. The van der Waals surface area contributed by atoms with E-state index in [1.54, 1.807) is 0 Å². The Hall–Kier alpha value is -1.61. The summed E-state index contributed by atoms with van der Waals surface area (Å²) in [5.41, 5.74) is 5.02. The van der Waals surface area contributed by atoms with E-state index < -0.39 is 17.9 Å². The van der Waals surface area contributed by atoms with E-state index in [0.29, 0.717) is 0 Å². The van der Waals surface area contributed by atoms with Crippen LogP contribution in [0.5, 0.6) is 0 Å². The highest BCUT2D eigenvalue weighted by Gasteiger charge is 2.16. The number of nitriles is 1. The number of hydrogen-bond donors (Lipinski definition) is 2. The number of primary amides is 1. The van der Waals surface area contributed by atoms with Gasteiger partial charge in [0.2, 0.25) is 11.8 Å². The monoisotopic (exact) mass is 199 g/mol. The molecule has 0 saturated heterocycles. The van der Waals surface area contributed by atoms with Crippen LogP contribution in [-0.2, 0) is 14.3 Å². The Bertz CT molecular complexity index is 247. The predicted molar refractivity (Wildman–Crippen MR) is 47.8 cm³/mol. The van der Waals surface area contributed by atoms with Crippen LogP contribution in [0.4, 0.5) is 0 Å². The lowest BCUT2D eigenvalue weighted by atomic mass is 10.1. The Balaban J connectivity index is 4.03. The van der Waals surface area contributed by atoms with E-state index in [9.17, 15) is 9.59 Å². The maximum Gasteiger partial charge on any atom is 0.246 e. The summed E-state index contributed by atoms with van der Waals surface area (Å²) in [6, 6.07) is 1.07. The third kappa shape index (κ3) is 5.11. The Kier molecular flexibility index (Phi) is 6.07. The van der Waals surface area contributed by atoms with Crippen molar-refractivity contribution in [2.24, 2.45) is 5.73 Å². The van der Waals surface area contributed by atoms with Gasteiger partial charge in [-0.2, -0.15) is 5.26 Å². The molecular weight excluding hydrogens is 186 g/mol. The zero-order valence-corrected chi connectivity index (χ0v) is 7.95. The van der Waals surface area contributed by atoms with Gasteiger partial charge in [0, 0.05) is 13.5 Å². The third-order valence-corrected chi connectivity index (χ3v) is 1.50. The fourth-order valence-electron chi connectivity index (χ4n) is 0.862. The predicted octanol–water partition coefficient (Wildman–Crippen LogP) is -1.09. The van der Waals surface area contributed by atoms with E-state index in [1.165, 1.54) is 7.11 Å². The lowest BCUT2D eigenvalue weighted by Gasteiger charge is -2.13. The summed E-state index contributed by atoms with van der Waals surface area (Å²) >= 11 is 0. The molecular formula is C8H13N3O3. The van der Waals surface area contributed by atoms with E-state index in [-0.39, 0.29) is 19.4 Å². The molecule has 0 rings (SSSR count). The molecule has 0 aromatic rings. The number of nitrogens with two attached hydrogens (primary N) is 1. The van der Waals surface area contributed by atoms with Gasteiger partial charge in [-0.15, -0.1) is 0 Å². The maximum absolute atomic E-state index is 11.0. The number of nitrogens with zero attached hydrogens (tertiary/aromatic N) is 1. The summed E-state index contributed by atoms with van der Waals surface area (Å²) in [4.78, 5) is 21.8. The Morgan fingerprint density at radius 3 is 2.71 bits per heavy atom. The van der Waals surface area contributed by atoms with Gasteiger partial charge in [-0.05, 0) is 6.42 Å². The first-order chi connectivity index (χ1) is 6.61. The highest BCUT2D eigenvalue weighted by molar-refractivity contribution is 5.86. The zero-order valence-electron chi connectivity index (χ0n) is 7.95. The number of carbonyl (C=O) groups excluding carboxylic acids is 2. The van der Waals surface area contributed by atoms with E-state index >= 15 is 0 Å². The zero-order chi connectivity index (χ0) is 11.0. The Labute approximate surface area is 82.0 Å². The molecule has 78 valence electrons. The van der Waals surface area contributed by atoms with Crippen molar-refractivity contribution in [1.82, 2.24) is 5.32 Å². The van der Waals surface area contributed by atoms with Gasteiger partial charge in [-0.25, -0.2) is 0 Å². The number of methoxy groups -OCH3 is 1. The van der Waals surface area contributed by atoms with Crippen LogP contribution >= 0.6 is 0 Å². The van der Waals surface area contributed by atoms with Gasteiger partial charge in [0.25, 0.3) is 0 Å². The van der Waals surface area contributed by atoms with E-state index in [4.69, 9.17) is 11.0 Å². The largest absolute Gasteiger partial charge is 0.375 e. The van der Waals surface area contributed by atoms with Gasteiger partial charge in [0.1, 0.15) is 12.6 Å². The van der Waals surface area contributed by atoms with Gasteiger partial charge in [-0.1, -0.05) is 0 Å². The first kappa shape index (κ1) is 12.4. The van der Waals surface area contributed by atoms with Crippen LogP contribution in [0, 0.1) is 11.3 Å². The molecule has 6 nitrogen and oxygen atoms in total. The SMILES string of the molecule is COCC(=O)N[C@H](CCC#N)C(N)=O. The lowest BCUT2D eigenvalue weighted by molar-refractivity contribution is -0.129. The molecule has 0 aromatic heterocycles. The molecule has 0 heterocycles. The number of hydrogen-bond acceptors (Lipinski definition) is 4. The van der Waals surface area contributed by atoms with Crippen LogP contribution in [0.15, 0.2) is 0 Å². The van der Waals surface area contributed by atoms with Crippen molar-refractivity contribution in [2.45, 2.75) is 18.9 Å². The van der Waals surface area contributed by atoms with Crippen molar-refractivity contribution in [1.29, 1.82) is 5.26 Å². The van der Waals surface area contributed by atoms with Crippen LogP contribution in [0.1, 0.15) is 12.8 Å². The summed E-state index contributed by atoms with van der Waals surface area (Å²) in [5.74, 6) is -1.07. The van der Waals surface area contributed by atoms with Crippen molar-refractivity contribution < 1.29 is 14.3 Å². The molecule has 0 aliphatic rings. The van der Waals surface area contributed by atoms with Crippen LogP contribution in [-0.4, -0.2) is 31.6 Å². The molecule has 14 heavy (non-hydrogen) atoms. The second-order valence-corrected chi connectivity index (χ2v) is 2.65. The van der Waals surface area contributed by atoms with Crippen molar-refractivity contribution in [3.8, 4) is 6.07 Å². The molecule has 0 unspecified atom stereocenters. The normalized spacial score (nSPS) is 11.4. The number of nitrogens with one attached hydrogen (secondary N) is 1. The molecule has 0 radical (unpaired) electrons. The van der Waals surface area contributed by atoms with Crippen molar-refractivity contribution in [3.63, 3.8) is 0 Å². The molecule has 0 bridgehead atoms. The third-order valence-electron chi connectivity index (χ3n) is 1.50. The summed E-state index contributed by atoms with van der Waals surface area (Å²) < 4.78 is 4.56. The van der Waals surface area contributed by atoms with Crippen molar-refractivity contribution in [3.05, 3.63) is 0 Å². The lowest BCUT2D eigenvalue weighted by Crippen LogP contribution is -2.45. The van der Waals surface area contributed by atoms with Crippen molar-refractivity contribution in [2.75, 3.05) is 13.7 Å². The van der Waals surface area contributed by atoms with E-state index in [1.807, 2.05) is 6.07 Å². The minimum atomic E-state index is -0.794. The average molecular weight is 199 g/mol. The highest BCUT2D eigenvalue weighted by atomic mass is 16.5. The minimum absolute atomic E-state index is 0.129. The highest BCUT2D eigenvalue weighted by Crippen LogP contribution is 1.95. The summed E-state index contributed by atoms with van der Waals surface area (Å²) in [5, 5.41) is 10.7. The maximum atomic E-state index is 11.0. The molecule has 0 aliphatic heterocycles. The van der Waals surface area contributed by atoms with Crippen molar-refractivity contribution >= 4 is 11.8 Å². The Morgan fingerprint density at radius 2 is 2.29 bits per heavy atom. The topological polar surface area (TPSA) is 105 Å². The fourth-order valence-corrected chi connectivity index (χ4v) is 0.862. The standard InChI is InChI=1S/C8H13N3O3/c1-14-5-7(12)11-6(8(10)13)3-2-4-9/h6H,2-3,5H2,1H3,(H2,10,13)(H,11,12)/t6-/m1/s1. The quantitative estimate of drug-likeness (QED) is 0.566. The van der Waals surface area contributed by atoms with Crippen LogP contribution in [0.25, 0.3) is 0 Å².